The summed E-state index contributed by atoms with van der Waals surface area (Å²) in [4.78, 5) is 13.3. The molecule has 1 N–H and O–H groups in total. The number of hydrogen-bond acceptors (Lipinski definition) is 4. The fourth-order valence-electron chi connectivity index (χ4n) is 4.11. The van der Waals surface area contributed by atoms with Gasteiger partial charge in [0.05, 0.1) is 10.6 Å². The number of fused-ring (bicyclic) bond motifs is 1. The van der Waals surface area contributed by atoms with Gasteiger partial charge in [-0.15, -0.1) is 0 Å². The molecule has 174 valence electrons. The summed E-state index contributed by atoms with van der Waals surface area (Å²) < 4.78 is 41.6. The van der Waals surface area contributed by atoms with Gasteiger partial charge in [0.1, 0.15) is 5.82 Å². The van der Waals surface area contributed by atoms with Gasteiger partial charge in [-0.05, 0) is 61.6 Å². The van der Waals surface area contributed by atoms with E-state index in [2.05, 4.69) is 10.4 Å². The van der Waals surface area contributed by atoms with Gasteiger partial charge in [0, 0.05) is 31.9 Å². The van der Waals surface area contributed by atoms with E-state index in [1.165, 1.54) is 32.3 Å². The van der Waals surface area contributed by atoms with Gasteiger partial charge >= 0.3 is 0 Å². The van der Waals surface area contributed by atoms with Crippen molar-refractivity contribution in [1.29, 1.82) is 0 Å². The van der Waals surface area contributed by atoms with Crippen LogP contribution in [0.15, 0.2) is 53.4 Å². The molecule has 2 aromatic carbocycles. The van der Waals surface area contributed by atoms with Gasteiger partial charge < -0.3 is 5.32 Å². The van der Waals surface area contributed by atoms with Crippen molar-refractivity contribution in [3.63, 3.8) is 0 Å². The molecule has 9 heteroatoms. The zero-order chi connectivity index (χ0) is 23.6. The third-order valence-electron chi connectivity index (χ3n) is 5.89. The maximum atomic E-state index is 13.4. The molecule has 0 fully saturated rings. The van der Waals surface area contributed by atoms with Crippen molar-refractivity contribution >= 4 is 15.9 Å². The Morgan fingerprint density at radius 1 is 1.06 bits per heavy atom. The molecule has 0 aliphatic heterocycles. The number of carbonyl (C=O) groups excluding carboxylic acids is 1. The van der Waals surface area contributed by atoms with Crippen LogP contribution in [0.25, 0.3) is 5.69 Å². The molecule has 0 bridgehead atoms. The molecule has 7 nitrogen and oxygen atoms in total. The lowest BCUT2D eigenvalue weighted by atomic mass is 10.1. The molecule has 1 aliphatic rings. The van der Waals surface area contributed by atoms with Crippen molar-refractivity contribution in [3.05, 3.63) is 76.9 Å². The lowest BCUT2D eigenvalue weighted by molar-refractivity contribution is 0.0944. The van der Waals surface area contributed by atoms with E-state index in [1.54, 1.807) is 35.0 Å². The summed E-state index contributed by atoms with van der Waals surface area (Å²) in [7, 11) is -0.695. The van der Waals surface area contributed by atoms with Gasteiger partial charge in [-0.1, -0.05) is 24.6 Å². The predicted molar refractivity (Wildman–Crippen MR) is 123 cm³/mol. The number of carbonyl (C=O) groups is 1. The van der Waals surface area contributed by atoms with Crippen LogP contribution in [0.3, 0.4) is 0 Å². The minimum absolute atomic E-state index is 0.0558. The normalized spacial score (nSPS) is 14.1. The number of halogens is 1. The highest BCUT2D eigenvalue weighted by Gasteiger charge is 2.26. The lowest BCUT2D eigenvalue weighted by Crippen LogP contribution is -2.27. The Hall–Kier alpha value is -3.04. The summed E-state index contributed by atoms with van der Waals surface area (Å²) in [5, 5.41) is 7.45. The molecule has 0 spiro atoms. The van der Waals surface area contributed by atoms with Crippen molar-refractivity contribution in [2.75, 3.05) is 14.1 Å². The van der Waals surface area contributed by atoms with E-state index in [4.69, 9.17) is 0 Å². The van der Waals surface area contributed by atoms with Crippen LogP contribution >= 0.6 is 0 Å². The number of nitrogens with zero attached hydrogens (tertiary/aromatic N) is 3. The summed E-state index contributed by atoms with van der Waals surface area (Å²) in [5.41, 5.74) is 3.42. The highest BCUT2D eigenvalue weighted by Crippen LogP contribution is 2.27. The SMILES string of the molecule is CN(C)S(=O)(=O)c1ccccc1CNC(=O)c1nn(-c2ccc(F)cc2)c2c1CCCCC2. The third-order valence-corrected chi connectivity index (χ3v) is 7.80. The van der Waals surface area contributed by atoms with Gasteiger partial charge in [-0.25, -0.2) is 21.8 Å². The Morgan fingerprint density at radius 3 is 2.48 bits per heavy atom. The summed E-state index contributed by atoms with van der Waals surface area (Å²) in [6, 6.07) is 12.7. The van der Waals surface area contributed by atoms with E-state index in [0.29, 0.717) is 16.9 Å². The second kappa shape index (κ2) is 9.44. The quantitative estimate of drug-likeness (QED) is 0.559. The molecule has 0 unspecified atom stereocenters. The fourth-order valence-corrected chi connectivity index (χ4v) is 5.23. The fraction of sp³-hybridized carbons (Fsp3) is 0.333. The van der Waals surface area contributed by atoms with Gasteiger partial charge in [0.15, 0.2) is 5.69 Å². The maximum Gasteiger partial charge on any atom is 0.272 e. The highest BCUT2D eigenvalue weighted by atomic mass is 32.2. The number of aromatic nitrogens is 2. The van der Waals surface area contributed by atoms with Crippen LogP contribution in [0, 0.1) is 5.82 Å². The first kappa shape index (κ1) is 23.1. The van der Waals surface area contributed by atoms with Crippen molar-refractivity contribution in [1.82, 2.24) is 19.4 Å². The van der Waals surface area contributed by atoms with Crippen LogP contribution in [0.4, 0.5) is 4.39 Å². The second-order valence-electron chi connectivity index (χ2n) is 8.30. The second-order valence-corrected chi connectivity index (χ2v) is 10.4. The molecule has 4 rings (SSSR count). The maximum absolute atomic E-state index is 13.4. The molecule has 0 radical (unpaired) electrons. The van der Waals surface area contributed by atoms with E-state index >= 15 is 0 Å². The van der Waals surface area contributed by atoms with Gasteiger partial charge in [0.2, 0.25) is 10.0 Å². The highest BCUT2D eigenvalue weighted by molar-refractivity contribution is 7.89. The summed E-state index contributed by atoms with van der Waals surface area (Å²) in [6.07, 6.45) is 4.56. The smallest absolute Gasteiger partial charge is 0.272 e. The number of sulfonamides is 1. The molecule has 1 aliphatic carbocycles. The monoisotopic (exact) mass is 470 g/mol. The summed E-state index contributed by atoms with van der Waals surface area (Å²) in [5.74, 6) is -0.688. The first-order chi connectivity index (χ1) is 15.8. The molecule has 1 aromatic heterocycles. The van der Waals surface area contributed by atoms with E-state index < -0.39 is 10.0 Å². The molecular weight excluding hydrogens is 443 g/mol. The zero-order valence-corrected chi connectivity index (χ0v) is 19.5. The average molecular weight is 471 g/mol. The Kier molecular flexibility index (Phi) is 6.62. The standard InChI is InChI=1S/C24H27FN4O3S/c1-28(2)33(31,32)22-11-7-6-8-17(22)16-26-24(30)23-20-9-4-3-5-10-21(20)29(27-23)19-14-12-18(25)13-15-19/h6-8,11-15H,3-5,9-10,16H2,1-2H3,(H,26,30). The predicted octanol–water partition coefficient (Wildman–Crippen LogP) is 3.46. The first-order valence-corrected chi connectivity index (χ1v) is 12.4. The van der Waals surface area contributed by atoms with E-state index in [1.807, 2.05) is 0 Å². The van der Waals surface area contributed by atoms with Crippen LogP contribution in [-0.2, 0) is 29.4 Å². The topological polar surface area (TPSA) is 84.3 Å². The number of benzene rings is 2. The van der Waals surface area contributed by atoms with Crippen LogP contribution in [0.5, 0.6) is 0 Å². The van der Waals surface area contributed by atoms with Crippen LogP contribution < -0.4 is 5.32 Å². The van der Waals surface area contributed by atoms with E-state index in [9.17, 15) is 17.6 Å². The molecule has 0 atom stereocenters. The third kappa shape index (κ3) is 4.69. The Morgan fingerprint density at radius 2 is 1.76 bits per heavy atom. The number of rotatable bonds is 6. The molecule has 3 aromatic rings. The molecule has 1 amide bonds. The van der Waals surface area contributed by atoms with E-state index in [0.717, 1.165) is 47.7 Å². The zero-order valence-electron chi connectivity index (χ0n) is 18.7. The molecular formula is C24H27FN4O3S. The first-order valence-electron chi connectivity index (χ1n) is 10.9. The van der Waals surface area contributed by atoms with Crippen molar-refractivity contribution in [2.24, 2.45) is 0 Å². The van der Waals surface area contributed by atoms with Crippen molar-refractivity contribution in [3.8, 4) is 5.69 Å². The average Bonchev–Trinajstić information content (AvgIpc) is 2.99. The number of hydrogen-bond donors (Lipinski definition) is 1. The van der Waals surface area contributed by atoms with Gasteiger partial charge in [0.25, 0.3) is 5.91 Å². The minimum Gasteiger partial charge on any atom is -0.347 e. The Bertz CT molecular complexity index is 1270. The number of amides is 1. The van der Waals surface area contributed by atoms with Gasteiger partial charge in [-0.2, -0.15) is 5.10 Å². The van der Waals surface area contributed by atoms with Crippen molar-refractivity contribution < 1.29 is 17.6 Å². The molecule has 33 heavy (non-hydrogen) atoms. The van der Waals surface area contributed by atoms with Crippen molar-refractivity contribution in [2.45, 2.75) is 43.5 Å². The minimum atomic E-state index is -3.64. The van der Waals surface area contributed by atoms with Crippen LogP contribution in [0.2, 0.25) is 0 Å². The summed E-state index contributed by atoms with van der Waals surface area (Å²) in [6.45, 7) is 0.0558. The van der Waals surface area contributed by atoms with Gasteiger partial charge in [-0.3, -0.25) is 4.79 Å². The molecule has 1 heterocycles. The molecule has 0 saturated carbocycles. The van der Waals surface area contributed by atoms with Crippen LogP contribution in [0.1, 0.15) is 46.6 Å². The molecule has 0 saturated heterocycles. The number of nitrogens with one attached hydrogen (secondary N) is 1. The largest absolute Gasteiger partial charge is 0.347 e. The Labute approximate surface area is 193 Å². The van der Waals surface area contributed by atoms with Crippen LogP contribution in [-0.4, -0.2) is 42.5 Å². The summed E-state index contributed by atoms with van der Waals surface area (Å²) >= 11 is 0. The lowest BCUT2D eigenvalue weighted by Gasteiger charge is -2.15. The van der Waals surface area contributed by atoms with E-state index in [-0.39, 0.29) is 23.2 Å². The Balaban J connectivity index is 1.64.